The van der Waals surface area contributed by atoms with Crippen LogP contribution in [0, 0.1) is 12.3 Å². The Labute approximate surface area is 181 Å². The van der Waals surface area contributed by atoms with Gasteiger partial charge >= 0.3 is 0 Å². The van der Waals surface area contributed by atoms with Gasteiger partial charge in [-0.2, -0.15) is 0 Å². The van der Waals surface area contributed by atoms with E-state index < -0.39 is 5.41 Å². The van der Waals surface area contributed by atoms with Gasteiger partial charge in [0.25, 0.3) is 0 Å². The van der Waals surface area contributed by atoms with E-state index in [0.29, 0.717) is 32.4 Å². The van der Waals surface area contributed by atoms with Crippen LogP contribution in [0.15, 0.2) is 66.0 Å². The van der Waals surface area contributed by atoms with Crippen LogP contribution >= 0.6 is 11.3 Å². The Morgan fingerprint density at radius 1 is 1.07 bits per heavy atom. The van der Waals surface area contributed by atoms with Gasteiger partial charge < -0.3 is 10.6 Å². The highest BCUT2D eigenvalue weighted by Crippen LogP contribution is 2.36. The number of hydrogen-bond donors (Lipinski definition) is 1. The normalized spacial score (nSPS) is 18.5. The number of amides is 2. The fourth-order valence-electron chi connectivity index (χ4n) is 4.29. The average molecular weight is 419 g/mol. The van der Waals surface area contributed by atoms with Gasteiger partial charge in [-0.05, 0) is 47.9 Å². The van der Waals surface area contributed by atoms with Gasteiger partial charge in [0.1, 0.15) is 0 Å². The summed E-state index contributed by atoms with van der Waals surface area (Å²) in [5, 5.41) is 2.06. The summed E-state index contributed by atoms with van der Waals surface area (Å²) in [4.78, 5) is 28.4. The third-order valence-corrected chi connectivity index (χ3v) is 6.86. The number of carbonyl (C=O) groups is 2. The van der Waals surface area contributed by atoms with Gasteiger partial charge in [0.15, 0.2) is 0 Å². The lowest BCUT2D eigenvalue weighted by Crippen LogP contribution is -2.42. The smallest absolute Gasteiger partial charge is 0.227 e. The molecule has 30 heavy (non-hydrogen) atoms. The molecule has 2 aromatic carbocycles. The second-order valence-electron chi connectivity index (χ2n) is 8.23. The van der Waals surface area contributed by atoms with Crippen LogP contribution in [0.2, 0.25) is 0 Å². The summed E-state index contributed by atoms with van der Waals surface area (Å²) < 4.78 is 0. The Morgan fingerprint density at radius 3 is 2.60 bits per heavy atom. The van der Waals surface area contributed by atoms with Crippen molar-refractivity contribution < 1.29 is 9.59 Å². The lowest BCUT2D eigenvalue weighted by molar-refractivity contribution is -0.131. The van der Waals surface area contributed by atoms with Crippen molar-refractivity contribution in [3.63, 3.8) is 0 Å². The van der Waals surface area contributed by atoms with Crippen molar-refractivity contribution in [2.45, 2.75) is 26.2 Å². The molecule has 0 bridgehead atoms. The predicted octanol–water partition coefficient (Wildman–Crippen LogP) is 4.21. The molecular formula is C25H26N2O2S. The van der Waals surface area contributed by atoms with Crippen molar-refractivity contribution in [1.29, 1.82) is 0 Å². The molecule has 3 aromatic rings. The molecule has 4 rings (SSSR count). The number of benzene rings is 2. The molecule has 4 nitrogen and oxygen atoms in total. The summed E-state index contributed by atoms with van der Waals surface area (Å²) in [6.07, 6.45) is 1.51. The van der Waals surface area contributed by atoms with Crippen LogP contribution in [-0.2, 0) is 22.4 Å². The zero-order chi connectivity index (χ0) is 21.1. The number of thiophene rings is 1. The van der Waals surface area contributed by atoms with Gasteiger partial charge in [-0.3, -0.25) is 9.59 Å². The molecular weight excluding hydrogens is 392 g/mol. The Balaban J connectivity index is 1.50. The first kappa shape index (κ1) is 20.4. The summed E-state index contributed by atoms with van der Waals surface area (Å²) in [6.45, 7) is 2.97. The topological polar surface area (TPSA) is 63.4 Å². The molecule has 0 unspecified atom stereocenters. The van der Waals surface area contributed by atoms with Crippen LogP contribution in [0.25, 0.3) is 10.4 Å². The van der Waals surface area contributed by atoms with Crippen molar-refractivity contribution in [2.75, 3.05) is 13.1 Å². The first-order valence-electron chi connectivity index (χ1n) is 10.2. The van der Waals surface area contributed by atoms with Crippen molar-refractivity contribution in [1.82, 2.24) is 4.90 Å². The number of aryl methyl sites for hydroxylation is 1. The maximum Gasteiger partial charge on any atom is 0.227 e. The molecule has 5 heteroatoms. The van der Waals surface area contributed by atoms with Crippen LogP contribution in [0.1, 0.15) is 23.1 Å². The second kappa shape index (κ2) is 8.44. The summed E-state index contributed by atoms with van der Waals surface area (Å²) in [7, 11) is 0. The zero-order valence-corrected chi connectivity index (χ0v) is 18.0. The zero-order valence-electron chi connectivity index (χ0n) is 17.1. The summed E-state index contributed by atoms with van der Waals surface area (Å²) in [6, 6.07) is 20.4. The van der Waals surface area contributed by atoms with E-state index in [1.54, 1.807) is 16.2 Å². The van der Waals surface area contributed by atoms with Crippen LogP contribution in [0.4, 0.5) is 0 Å². The van der Waals surface area contributed by atoms with Gasteiger partial charge in [0.2, 0.25) is 11.8 Å². The standard InChI is InChI=1S/C25H26N2O2S/c1-18-5-2-6-19(13-18)15-23(28)27-11-10-25(17-27,24(26)29)16-20-7-3-8-21(14-20)22-9-4-12-30-22/h2-9,12-14H,10-11,15-17H2,1H3,(H2,26,29)/t25-/m1/s1. The number of rotatable bonds is 6. The van der Waals surface area contributed by atoms with Crippen LogP contribution < -0.4 is 5.73 Å². The average Bonchev–Trinajstić information content (AvgIpc) is 3.39. The largest absolute Gasteiger partial charge is 0.369 e. The van der Waals surface area contributed by atoms with Crippen LogP contribution in [0.3, 0.4) is 0 Å². The van der Waals surface area contributed by atoms with E-state index in [1.807, 2.05) is 49.4 Å². The maximum absolute atomic E-state index is 12.9. The van der Waals surface area contributed by atoms with Gasteiger partial charge in [-0.25, -0.2) is 0 Å². The molecule has 154 valence electrons. The summed E-state index contributed by atoms with van der Waals surface area (Å²) in [5.74, 6) is -0.272. The molecule has 1 aliphatic rings. The summed E-state index contributed by atoms with van der Waals surface area (Å²) >= 11 is 1.69. The molecule has 1 fully saturated rings. The lowest BCUT2D eigenvalue weighted by atomic mass is 9.80. The molecule has 0 spiro atoms. The van der Waals surface area contributed by atoms with Crippen molar-refractivity contribution >= 4 is 23.2 Å². The fraction of sp³-hybridized carbons (Fsp3) is 0.280. The molecule has 0 saturated carbocycles. The number of carbonyl (C=O) groups excluding carboxylic acids is 2. The first-order chi connectivity index (χ1) is 14.4. The van der Waals surface area contributed by atoms with Gasteiger partial charge in [0.05, 0.1) is 11.8 Å². The van der Waals surface area contributed by atoms with Crippen molar-refractivity contribution in [3.05, 3.63) is 82.7 Å². The van der Waals surface area contributed by atoms with Gasteiger partial charge in [-0.15, -0.1) is 11.3 Å². The molecule has 0 aliphatic carbocycles. The Bertz CT molecular complexity index is 1060. The third kappa shape index (κ3) is 4.31. The van der Waals surface area contributed by atoms with E-state index in [9.17, 15) is 9.59 Å². The molecule has 1 atom stereocenters. The highest BCUT2D eigenvalue weighted by atomic mass is 32.1. The maximum atomic E-state index is 12.9. The van der Waals surface area contributed by atoms with Crippen molar-refractivity contribution in [3.8, 4) is 10.4 Å². The number of primary amides is 1. The molecule has 1 aromatic heterocycles. The molecule has 2 amide bonds. The molecule has 1 saturated heterocycles. The van der Waals surface area contributed by atoms with E-state index >= 15 is 0 Å². The molecule has 1 aliphatic heterocycles. The van der Waals surface area contributed by atoms with E-state index in [2.05, 4.69) is 23.6 Å². The Morgan fingerprint density at radius 2 is 1.87 bits per heavy atom. The number of nitrogens with zero attached hydrogens (tertiary/aromatic N) is 1. The monoisotopic (exact) mass is 418 g/mol. The second-order valence-corrected chi connectivity index (χ2v) is 9.18. The Hall–Kier alpha value is -2.92. The molecule has 2 N–H and O–H groups in total. The van der Waals surface area contributed by atoms with E-state index in [-0.39, 0.29) is 11.8 Å². The van der Waals surface area contributed by atoms with Gasteiger partial charge in [-0.1, -0.05) is 60.2 Å². The van der Waals surface area contributed by atoms with Crippen LogP contribution in [-0.4, -0.2) is 29.8 Å². The molecule has 0 radical (unpaired) electrons. The minimum Gasteiger partial charge on any atom is -0.369 e. The molecule has 2 heterocycles. The third-order valence-electron chi connectivity index (χ3n) is 5.94. The quantitative estimate of drug-likeness (QED) is 0.652. The van der Waals surface area contributed by atoms with Crippen LogP contribution in [0.5, 0.6) is 0 Å². The Kier molecular flexibility index (Phi) is 5.73. The minimum atomic E-state index is -0.712. The highest BCUT2D eigenvalue weighted by Gasteiger charge is 2.44. The fourth-order valence-corrected chi connectivity index (χ4v) is 5.02. The van der Waals surface area contributed by atoms with E-state index in [0.717, 1.165) is 22.3 Å². The number of nitrogens with two attached hydrogens (primary N) is 1. The van der Waals surface area contributed by atoms with E-state index in [1.165, 1.54) is 4.88 Å². The number of likely N-dealkylation sites (tertiary alicyclic amines) is 1. The minimum absolute atomic E-state index is 0.0519. The highest BCUT2D eigenvalue weighted by molar-refractivity contribution is 7.13. The number of hydrogen-bond acceptors (Lipinski definition) is 3. The van der Waals surface area contributed by atoms with E-state index in [4.69, 9.17) is 5.73 Å². The lowest BCUT2D eigenvalue weighted by Gasteiger charge is -2.26. The van der Waals surface area contributed by atoms with Crippen molar-refractivity contribution in [2.24, 2.45) is 11.1 Å². The SMILES string of the molecule is Cc1cccc(CC(=O)N2CC[C@](Cc3cccc(-c4cccs4)c3)(C(N)=O)C2)c1. The predicted molar refractivity (Wildman–Crippen MR) is 121 cm³/mol. The first-order valence-corrected chi connectivity index (χ1v) is 11.1. The summed E-state index contributed by atoms with van der Waals surface area (Å²) in [5.41, 5.74) is 9.52. The van der Waals surface area contributed by atoms with Gasteiger partial charge in [0, 0.05) is 18.0 Å².